The summed E-state index contributed by atoms with van der Waals surface area (Å²) in [7, 11) is 1.14. The Bertz CT molecular complexity index is 145. The van der Waals surface area contributed by atoms with Crippen molar-refractivity contribution in [2.75, 3.05) is 26.9 Å². The van der Waals surface area contributed by atoms with E-state index in [1.807, 2.05) is 13.8 Å². The Morgan fingerprint density at radius 1 is 1.38 bits per heavy atom. The van der Waals surface area contributed by atoms with E-state index in [0.29, 0.717) is 19.8 Å². The van der Waals surface area contributed by atoms with Gasteiger partial charge in [-0.05, 0) is 13.3 Å². The van der Waals surface area contributed by atoms with Gasteiger partial charge in [-0.1, -0.05) is 6.92 Å². The van der Waals surface area contributed by atoms with Gasteiger partial charge in [0.1, 0.15) is 5.60 Å². The van der Waals surface area contributed by atoms with Crippen LogP contribution in [-0.2, 0) is 18.7 Å². The standard InChI is InChI=1S/C8H17BO4/c1-4-5-11-9-12-6-8(2,10-3)7-13-9/h4-7H2,1-3H3. The summed E-state index contributed by atoms with van der Waals surface area (Å²) in [6, 6.07) is 0. The minimum atomic E-state index is -0.511. The Labute approximate surface area is 79.7 Å². The van der Waals surface area contributed by atoms with E-state index in [4.69, 9.17) is 18.7 Å². The van der Waals surface area contributed by atoms with Gasteiger partial charge in [-0.15, -0.1) is 0 Å². The van der Waals surface area contributed by atoms with Gasteiger partial charge in [-0.3, -0.25) is 0 Å². The molecule has 0 aromatic heterocycles. The van der Waals surface area contributed by atoms with Crippen molar-refractivity contribution in [1.82, 2.24) is 0 Å². The second-order valence-electron chi connectivity index (χ2n) is 3.44. The fourth-order valence-corrected chi connectivity index (χ4v) is 1.01. The van der Waals surface area contributed by atoms with Crippen LogP contribution in [0.1, 0.15) is 20.3 Å². The summed E-state index contributed by atoms with van der Waals surface area (Å²) in [6.45, 7) is 5.68. The van der Waals surface area contributed by atoms with Gasteiger partial charge in [0.05, 0.1) is 13.2 Å². The Kier molecular flexibility index (Phi) is 4.19. The molecule has 1 saturated heterocycles. The topological polar surface area (TPSA) is 36.9 Å². The van der Waals surface area contributed by atoms with Gasteiger partial charge < -0.3 is 18.7 Å². The molecular weight excluding hydrogens is 171 g/mol. The number of hydrogen-bond acceptors (Lipinski definition) is 4. The first-order valence-electron chi connectivity index (χ1n) is 4.60. The molecule has 1 aliphatic heterocycles. The molecular formula is C8H17BO4. The van der Waals surface area contributed by atoms with E-state index in [9.17, 15) is 0 Å². The van der Waals surface area contributed by atoms with E-state index in [2.05, 4.69) is 0 Å². The highest BCUT2D eigenvalue weighted by molar-refractivity contribution is 6.36. The van der Waals surface area contributed by atoms with Crippen molar-refractivity contribution < 1.29 is 18.7 Å². The molecule has 0 unspecified atom stereocenters. The minimum absolute atomic E-state index is 0.327. The lowest BCUT2D eigenvalue weighted by Gasteiger charge is -2.34. The van der Waals surface area contributed by atoms with Crippen LogP contribution in [0, 0.1) is 0 Å². The first-order valence-corrected chi connectivity index (χ1v) is 4.60. The molecule has 1 fully saturated rings. The van der Waals surface area contributed by atoms with Crippen LogP contribution in [-0.4, -0.2) is 39.9 Å². The molecule has 5 heteroatoms. The van der Waals surface area contributed by atoms with Gasteiger partial charge in [-0.25, -0.2) is 0 Å². The second kappa shape index (κ2) is 4.95. The number of ether oxygens (including phenoxy) is 1. The number of hydrogen-bond donors (Lipinski definition) is 0. The average molecular weight is 188 g/mol. The maximum Gasteiger partial charge on any atom is 0.639 e. The van der Waals surface area contributed by atoms with Gasteiger partial charge in [0.2, 0.25) is 0 Å². The fraction of sp³-hybridized carbons (Fsp3) is 1.00. The Balaban J connectivity index is 2.22. The zero-order valence-electron chi connectivity index (χ0n) is 8.54. The van der Waals surface area contributed by atoms with Crippen LogP contribution in [0.15, 0.2) is 0 Å². The number of methoxy groups -OCH3 is 1. The van der Waals surface area contributed by atoms with Crippen molar-refractivity contribution in [1.29, 1.82) is 0 Å². The molecule has 0 spiro atoms. The fourth-order valence-electron chi connectivity index (χ4n) is 1.01. The smallest absolute Gasteiger partial charge is 0.386 e. The van der Waals surface area contributed by atoms with Crippen LogP contribution >= 0.6 is 0 Å². The predicted octanol–water partition coefficient (Wildman–Crippen LogP) is 0.850. The largest absolute Gasteiger partial charge is 0.639 e. The van der Waals surface area contributed by atoms with Crippen LogP contribution in [0.2, 0.25) is 0 Å². The molecule has 0 amide bonds. The molecule has 4 nitrogen and oxygen atoms in total. The number of rotatable bonds is 4. The molecule has 0 saturated carbocycles. The van der Waals surface area contributed by atoms with Crippen LogP contribution < -0.4 is 0 Å². The Morgan fingerprint density at radius 2 is 2.00 bits per heavy atom. The Hall–Kier alpha value is -0.0951. The molecule has 0 radical (unpaired) electrons. The molecule has 0 N–H and O–H groups in total. The quantitative estimate of drug-likeness (QED) is 0.613. The summed E-state index contributed by atoms with van der Waals surface area (Å²) in [5.41, 5.74) is -0.327. The van der Waals surface area contributed by atoms with Crippen LogP contribution in [0.25, 0.3) is 0 Å². The normalized spacial score (nSPS) is 21.9. The zero-order valence-corrected chi connectivity index (χ0v) is 8.54. The van der Waals surface area contributed by atoms with Crippen molar-refractivity contribution >= 4 is 7.32 Å². The molecule has 0 aromatic rings. The molecule has 1 rings (SSSR count). The summed E-state index contributed by atoms with van der Waals surface area (Å²) in [4.78, 5) is 0. The third-order valence-electron chi connectivity index (χ3n) is 2.00. The van der Waals surface area contributed by atoms with Crippen molar-refractivity contribution in [2.24, 2.45) is 0 Å². The molecule has 0 aromatic carbocycles. The summed E-state index contributed by atoms with van der Waals surface area (Å²) < 4.78 is 21.1. The first-order chi connectivity index (χ1) is 6.20. The highest BCUT2D eigenvalue weighted by Gasteiger charge is 2.37. The van der Waals surface area contributed by atoms with Crippen LogP contribution in [0.5, 0.6) is 0 Å². The lowest BCUT2D eigenvalue weighted by molar-refractivity contribution is -0.112. The average Bonchev–Trinajstić information content (AvgIpc) is 2.17. The van der Waals surface area contributed by atoms with Crippen molar-refractivity contribution in [3.05, 3.63) is 0 Å². The SMILES string of the molecule is CCCOB1OCC(C)(OC)CO1. The van der Waals surface area contributed by atoms with Gasteiger partial charge >= 0.3 is 7.32 Å². The van der Waals surface area contributed by atoms with Crippen molar-refractivity contribution in [2.45, 2.75) is 25.9 Å². The van der Waals surface area contributed by atoms with Gasteiger partial charge in [0.15, 0.2) is 0 Å². The van der Waals surface area contributed by atoms with Crippen LogP contribution in [0.4, 0.5) is 0 Å². The van der Waals surface area contributed by atoms with E-state index < -0.39 is 7.32 Å². The van der Waals surface area contributed by atoms with Gasteiger partial charge in [0.25, 0.3) is 0 Å². The van der Waals surface area contributed by atoms with Crippen molar-refractivity contribution in [3.63, 3.8) is 0 Å². The highest BCUT2D eigenvalue weighted by Crippen LogP contribution is 2.17. The molecule has 0 aliphatic carbocycles. The summed E-state index contributed by atoms with van der Waals surface area (Å²) in [5, 5.41) is 0. The molecule has 1 heterocycles. The summed E-state index contributed by atoms with van der Waals surface area (Å²) in [6.07, 6.45) is 0.963. The molecule has 76 valence electrons. The van der Waals surface area contributed by atoms with E-state index in [0.717, 1.165) is 6.42 Å². The lowest BCUT2D eigenvalue weighted by Crippen LogP contribution is -2.49. The minimum Gasteiger partial charge on any atom is -0.386 e. The van der Waals surface area contributed by atoms with E-state index >= 15 is 0 Å². The predicted molar refractivity (Wildman–Crippen MR) is 49.3 cm³/mol. The summed E-state index contributed by atoms with van der Waals surface area (Å²) in [5.74, 6) is 0. The van der Waals surface area contributed by atoms with E-state index in [1.54, 1.807) is 7.11 Å². The third kappa shape index (κ3) is 3.27. The maximum atomic E-state index is 5.32. The monoisotopic (exact) mass is 188 g/mol. The summed E-state index contributed by atoms with van der Waals surface area (Å²) >= 11 is 0. The second-order valence-corrected chi connectivity index (χ2v) is 3.44. The molecule has 0 bridgehead atoms. The van der Waals surface area contributed by atoms with E-state index in [1.165, 1.54) is 0 Å². The third-order valence-corrected chi connectivity index (χ3v) is 2.00. The molecule has 13 heavy (non-hydrogen) atoms. The molecule has 1 aliphatic rings. The molecule has 0 atom stereocenters. The highest BCUT2D eigenvalue weighted by atomic mass is 16.8. The van der Waals surface area contributed by atoms with Gasteiger partial charge in [0, 0.05) is 13.7 Å². The zero-order chi connectivity index (χ0) is 9.73. The van der Waals surface area contributed by atoms with Crippen LogP contribution in [0.3, 0.4) is 0 Å². The maximum absolute atomic E-state index is 5.32. The lowest BCUT2D eigenvalue weighted by atomic mass is 10.0. The Morgan fingerprint density at radius 3 is 2.46 bits per heavy atom. The first kappa shape index (κ1) is 11.0. The van der Waals surface area contributed by atoms with Gasteiger partial charge in [-0.2, -0.15) is 0 Å². The van der Waals surface area contributed by atoms with E-state index in [-0.39, 0.29) is 5.60 Å². The van der Waals surface area contributed by atoms with Crippen molar-refractivity contribution in [3.8, 4) is 0 Å².